The molecule has 0 radical (unpaired) electrons. The van der Waals surface area contributed by atoms with Crippen LogP contribution in [0.15, 0.2) is 33.0 Å². The molecule has 0 bridgehead atoms. The second kappa shape index (κ2) is 6.44. The molecule has 2 rings (SSSR count). The number of nitrogens with one attached hydrogen (secondary N) is 1. The fourth-order valence-corrected chi connectivity index (χ4v) is 3.20. The van der Waals surface area contributed by atoms with Crippen molar-refractivity contribution in [2.75, 3.05) is 0 Å². The number of benzene rings is 1. The molecule has 1 heterocycles. The fourth-order valence-electron chi connectivity index (χ4n) is 2.07. The highest BCUT2D eigenvalue weighted by Crippen LogP contribution is 2.31. The molecule has 0 aliphatic carbocycles. The first kappa shape index (κ1) is 15.8. The molecule has 1 atom stereocenters. The van der Waals surface area contributed by atoms with Crippen LogP contribution in [0.25, 0.3) is 0 Å². The summed E-state index contributed by atoms with van der Waals surface area (Å²) in [6.45, 7) is 5.63. The van der Waals surface area contributed by atoms with Gasteiger partial charge in [0.1, 0.15) is 5.82 Å². The van der Waals surface area contributed by atoms with Gasteiger partial charge in [0.05, 0.1) is 0 Å². The monoisotopic (exact) mass is 310 g/mol. The molecule has 1 unspecified atom stereocenters. The Morgan fingerprint density at radius 1 is 1.43 bits per heavy atom. The fraction of sp³-hybridized carbons (Fsp3) is 0.429. The Bertz CT molecular complexity index is 678. The molecule has 114 valence electrons. The summed E-state index contributed by atoms with van der Waals surface area (Å²) in [5.41, 5.74) is 6.08. The molecule has 21 heavy (non-hydrogen) atoms. The first-order valence-corrected chi connectivity index (χ1v) is 7.59. The van der Waals surface area contributed by atoms with E-state index in [9.17, 15) is 9.18 Å². The number of nitrogens with zero attached hydrogens (tertiary/aromatic N) is 2. The second-order valence-corrected chi connectivity index (χ2v) is 6.28. The molecule has 1 aromatic heterocycles. The summed E-state index contributed by atoms with van der Waals surface area (Å²) in [4.78, 5) is 12.5. The highest BCUT2D eigenvalue weighted by atomic mass is 32.2. The highest BCUT2D eigenvalue weighted by Gasteiger charge is 2.17. The Morgan fingerprint density at radius 2 is 2.14 bits per heavy atom. The van der Waals surface area contributed by atoms with Crippen molar-refractivity contribution >= 4 is 11.8 Å². The number of rotatable bonds is 5. The number of hydrogen-bond acceptors (Lipinski definition) is 4. The van der Waals surface area contributed by atoms with Crippen molar-refractivity contribution < 1.29 is 4.39 Å². The highest BCUT2D eigenvalue weighted by molar-refractivity contribution is 7.99. The van der Waals surface area contributed by atoms with Crippen LogP contribution in [0, 0.1) is 5.82 Å². The van der Waals surface area contributed by atoms with Gasteiger partial charge in [0.15, 0.2) is 5.16 Å². The zero-order valence-corrected chi connectivity index (χ0v) is 13.1. The first-order valence-electron chi connectivity index (χ1n) is 6.78. The van der Waals surface area contributed by atoms with Gasteiger partial charge in [-0.15, -0.1) is 5.10 Å². The lowest BCUT2D eigenvalue weighted by molar-refractivity contribution is 0.533. The topological polar surface area (TPSA) is 76.7 Å². The lowest BCUT2D eigenvalue weighted by Crippen LogP contribution is -2.20. The zero-order chi connectivity index (χ0) is 15.6. The summed E-state index contributed by atoms with van der Waals surface area (Å²) in [7, 11) is 0. The van der Waals surface area contributed by atoms with Gasteiger partial charge in [0.2, 0.25) is 0 Å². The predicted octanol–water partition coefficient (Wildman–Crippen LogP) is 2.33. The summed E-state index contributed by atoms with van der Waals surface area (Å²) in [6.07, 6.45) is 0.436. The number of H-pyrrole nitrogens is 1. The molecule has 1 aromatic carbocycles. The van der Waals surface area contributed by atoms with Crippen molar-refractivity contribution in [3.05, 3.63) is 40.1 Å². The van der Waals surface area contributed by atoms with Crippen LogP contribution in [0.5, 0.6) is 0 Å². The SMILES string of the molecule is CC(N)Cc1c(F)cccc1Sc1n[nH]c(=O)n1C(C)C. The number of halogens is 1. The Kier molecular flexibility index (Phi) is 4.84. The lowest BCUT2D eigenvalue weighted by Gasteiger charge is -2.13. The van der Waals surface area contributed by atoms with Crippen molar-refractivity contribution in [3.63, 3.8) is 0 Å². The van der Waals surface area contributed by atoms with Crippen LogP contribution in [-0.4, -0.2) is 20.8 Å². The third-order valence-electron chi connectivity index (χ3n) is 2.99. The Labute approximate surface area is 126 Å². The average molecular weight is 310 g/mol. The van der Waals surface area contributed by atoms with Crippen molar-refractivity contribution in [3.8, 4) is 0 Å². The first-order chi connectivity index (χ1) is 9.90. The largest absolute Gasteiger partial charge is 0.344 e. The zero-order valence-electron chi connectivity index (χ0n) is 12.3. The molecule has 0 saturated carbocycles. The third-order valence-corrected chi connectivity index (χ3v) is 4.06. The van der Waals surface area contributed by atoms with Gasteiger partial charge in [0.25, 0.3) is 0 Å². The van der Waals surface area contributed by atoms with Crippen LogP contribution in [0.1, 0.15) is 32.4 Å². The summed E-state index contributed by atoms with van der Waals surface area (Å²) in [6, 6.07) is 4.71. The van der Waals surface area contributed by atoms with Gasteiger partial charge in [-0.1, -0.05) is 6.07 Å². The standard InChI is InChI=1S/C14H19FN4OS/c1-8(2)19-13(20)17-18-14(19)21-12-6-4-5-11(15)10(12)7-9(3)16/h4-6,8-9H,7,16H2,1-3H3,(H,17,20). The molecule has 0 saturated heterocycles. The van der Waals surface area contributed by atoms with Gasteiger partial charge in [-0.3, -0.25) is 4.57 Å². The molecule has 0 aliphatic heterocycles. The van der Waals surface area contributed by atoms with Crippen LogP contribution in [0.3, 0.4) is 0 Å². The molecular formula is C14H19FN4OS. The van der Waals surface area contributed by atoms with E-state index in [0.717, 1.165) is 4.90 Å². The Balaban J connectivity index is 2.41. The van der Waals surface area contributed by atoms with E-state index in [2.05, 4.69) is 10.2 Å². The van der Waals surface area contributed by atoms with Crippen molar-refractivity contribution in [1.29, 1.82) is 0 Å². The molecule has 5 nitrogen and oxygen atoms in total. The van der Waals surface area contributed by atoms with Crippen LogP contribution in [0.4, 0.5) is 4.39 Å². The van der Waals surface area contributed by atoms with E-state index < -0.39 is 0 Å². The maximum absolute atomic E-state index is 14.0. The third kappa shape index (κ3) is 3.54. The second-order valence-electron chi connectivity index (χ2n) is 5.28. The van der Waals surface area contributed by atoms with E-state index in [0.29, 0.717) is 17.1 Å². The average Bonchev–Trinajstić information content (AvgIpc) is 2.74. The van der Waals surface area contributed by atoms with E-state index in [4.69, 9.17) is 5.73 Å². The molecule has 2 aromatic rings. The summed E-state index contributed by atoms with van der Waals surface area (Å²) in [5.74, 6) is -0.286. The van der Waals surface area contributed by atoms with E-state index in [1.54, 1.807) is 10.6 Å². The minimum atomic E-state index is -0.286. The van der Waals surface area contributed by atoms with Gasteiger partial charge in [-0.2, -0.15) is 0 Å². The maximum atomic E-state index is 14.0. The number of aromatic nitrogens is 3. The maximum Gasteiger partial charge on any atom is 0.344 e. The Hall–Kier alpha value is -1.60. The molecule has 0 amide bonds. The quantitative estimate of drug-likeness (QED) is 0.888. The van der Waals surface area contributed by atoms with E-state index in [1.807, 2.05) is 26.8 Å². The van der Waals surface area contributed by atoms with E-state index in [1.165, 1.54) is 17.8 Å². The van der Waals surface area contributed by atoms with Gasteiger partial charge in [-0.05, 0) is 51.1 Å². The van der Waals surface area contributed by atoms with Crippen LogP contribution >= 0.6 is 11.8 Å². The summed E-state index contributed by atoms with van der Waals surface area (Å²) in [5, 5.41) is 6.97. The minimum Gasteiger partial charge on any atom is -0.328 e. The summed E-state index contributed by atoms with van der Waals surface area (Å²) < 4.78 is 15.6. The van der Waals surface area contributed by atoms with Crippen molar-refractivity contribution in [1.82, 2.24) is 14.8 Å². The normalized spacial score (nSPS) is 12.9. The molecule has 0 spiro atoms. The van der Waals surface area contributed by atoms with Crippen LogP contribution < -0.4 is 11.4 Å². The van der Waals surface area contributed by atoms with Crippen LogP contribution in [0.2, 0.25) is 0 Å². The Morgan fingerprint density at radius 3 is 2.76 bits per heavy atom. The van der Waals surface area contributed by atoms with Gasteiger partial charge >= 0.3 is 5.69 Å². The molecule has 3 N–H and O–H groups in total. The lowest BCUT2D eigenvalue weighted by atomic mass is 10.1. The summed E-state index contributed by atoms with van der Waals surface area (Å²) >= 11 is 1.27. The predicted molar refractivity (Wildman–Crippen MR) is 81.1 cm³/mol. The number of hydrogen-bond donors (Lipinski definition) is 2. The smallest absolute Gasteiger partial charge is 0.328 e. The van der Waals surface area contributed by atoms with E-state index in [-0.39, 0.29) is 23.6 Å². The number of aromatic amines is 1. The molecular weight excluding hydrogens is 291 g/mol. The van der Waals surface area contributed by atoms with Gasteiger partial charge in [0, 0.05) is 22.5 Å². The number of nitrogens with two attached hydrogens (primary N) is 1. The van der Waals surface area contributed by atoms with Gasteiger partial charge < -0.3 is 5.73 Å². The van der Waals surface area contributed by atoms with Gasteiger partial charge in [-0.25, -0.2) is 14.3 Å². The minimum absolute atomic E-state index is 0.0239. The molecule has 0 aliphatic rings. The van der Waals surface area contributed by atoms with Crippen LogP contribution in [-0.2, 0) is 6.42 Å². The molecule has 0 fully saturated rings. The van der Waals surface area contributed by atoms with Crippen molar-refractivity contribution in [2.24, 2.45) is 5.73 Å². The van der Waals surface area contributed by atoms with Crippen molar-refractivity contribution in [2.45, 2.75) is 49.3 Å². The van der Waals surface area contributed by atoms with E-state index >= 15 is 0 Å². The molecule has 7 heteroatoms.